The van der Waals surface area contributed by atoms with E-state index < -0.39 is 0 Å². The minimum absolute atomic E-state index is 0.0595. The minimum Gasteiger partial charge on any atom is -0.393 e. The summed E-state index contributed by atoms with van der Waals surface area (Å²) in [6.07, 6.45) is 4.94. The third-order valence-corrected chi connectivity index (χ3v) is 4.05. The molecule has 3 rings (SSSR count). The zero-order chi connectivity index (χ0) is 12.7. The summed E-state index contributed by atoms with van der Waals surface area (Å²) in [4.78, 5) is 10.5. The van der Waals surface area contributed by atoms with Crippen LogP contribution < -0.4 is 10.6 Å². The fourth-order valence-electron chi connectivity index (χ4n) is 3.16. The molecule has 0 spiro atoms. The van der Waals surface area contributed by atoms with Gasteiger partial charge in [0.05, 0.1) is 6.10 Å². The monoisotopic (exact) mass is 247 g/mol. The van der Waals surface area contributed by atoms with Gasteiger partial charge in [0, 0.05) is 31.4 Å². The number of hydrogen-bond donors (Lipinski definition) is 3. The minimum atomic E-state index is -0.197. The van der Waals surface area contributed by atoms with Crippen LogP contribution >= 0.6 is 0 Å². The lowest BCUT2D eigenvalue weighted by molar-refractivity contribution is 0.133. The van der Waals surface area contributed by atoms with Crippen LogP contribution in [0, 0.1) is 17.2 Å². The van der Waals surface area contributed by atoms with Crippen molar-refractivity contribution in [3.8, 4) is 0 Å². The van der Waals surface area contributed by atoms with Crippen molar-refractivity contribution in [2.45, 2.75) is 18.9 Å². The molecule has 1 saturated carbocycles. The highest BCUT2D eigenvalue weighted by atomic mass is 16.3. The predicted octanol–water partition coefficient (Wildman–Crippen LogP) is -0.0322. The number of fused-ring (bicyclic) bond motifs is 1. The summed E-state index contributed by atoms with van der Waals surface area (Å²) in [5.41, 5.74) is 5.97. The fraction of sp³-hybridized carbons (Fsp3) is 0.583. The van der Waals surface area contributed by atoms with E-state index in [1.165, 1.54) is 0 Å². The van der Waals surface area contributed by atoms with Gasteiger partial charge >= 0.3 is 0 Å². The van der Waals surface area contributed by atoms with E-state index in [1.807, 2.05) is 0 Å². The number of aliphatic hydroxyl groups excluding tert-OH is 1. The van der Waals surface area contributed by atoms with E-state index in [0.717, 1.165) is 25.9 Å². The van der Waals surface area contributed by atoms with Gasteiger partial charge in [-0.1, -0.05) is 0 Å². The maximum atomic E-state index is 9.91. The molecule has 0 amide bonds. The van der Waals surface area contributed by atoms with Gasteiger partial charge in [0.15, 0.2) is 5.82 Å². The number of aliphatic hydroxyl groups is 1. The molecule has 1 aromatic heterocycles. The van der Waals surface area contributed by atoms with Crippen molar-refractivity contribution in [2.24, 2.45) is 17.6 Å². The van der Waals surface area contributed by atoms with E-state index in [9.17, 15) is 5.11 Å². The van der Waals surface area contributed by atoms with Crippen molar-refractivity contribution >= 4 is 11.7 Å². The lowest BCUT2D eigenvalue weighted by Crippen LogP contribution is -2.28. The Morgan fingerprint density at radius 3 is 2.83 bits per heavy atom. The lowest BCUT2D eigenvalue weighted by atomic mass is 10.00. The van der Waals surface area contributed by atoms with Gasteiger partial charge in [0.25, 0.3) is 0 Å². The Bertz CT molecular complexity index is 477. The molecule has 6 nitrogen and oxygen atoms in total. The third kappa shape index (κ3) is 1.73. The van der Waals surface area contributed by atoms with Gasteiger partial charge < -0.3 is 15.7 Å². The molecule has 4 N–H and O–H groups in total. The van der Waals surface area contributed by atoms with Gasteiger partial charge in [0.2, 0.25) is 0 Å². The van der Waals surface area contributed by atoms with Crippen molar-refractivity contribution in [3.63, 3.8) is 0 Å². The van der Waals surface area contributed by atoms with Crippen LogP contribution in [-0.4, -0.2) is 40.1 Å². The first-order valence-corrected chi connectivity index (χ1v) is 6.25. The molecule has 0 aromatic carbocycles. The van der Waals surface area contributed by atoms with Gasteiger partial charge in [-0.2, -0.15) is 0 Å². The van der Waals surface area contributed by atoms with Gasteiger partial charge in [-0.3, -0.25) is 5.41 Å². The van der Waals surface area contributed by atoms with Crippen molar-refractivity contribution in [3.05, 3.63) is 18.1 Å². The predicted molar refractivity (Wildman–Crippen MR) is 67.5 cm³/mol. The Balaban J connectivity index is 1.87. The molecule has 96 valence electrons. The first-order valence-electron chi connectivity index (χ1n) is 6.25. The van der Waals surface area contributed by atoms with Crippen molar-refractivity contribution < 1.29 is 5.11 Å². The van der Waals surface area contributed by atoms with E-state index in [4.69, 9.17) is 11.1 Å². The summed E-state index contributed by atoms with van der Waals surface area (Å²) in [5, 5.41) is 17.5. The highest BCUT2D eigenvalue weighted by Gasteiger charge is 2.42. The van der Waals surface area contributed by atoms with Crippen LogP contribution in [0.4, 0.5) is 5.82 Å². The second kappa shape index (κ2) is 4.20. The van der Waals surface area contributed by atoms with E-state index >= 15 is 0 Å². The second-order valence-electron chi connectivity index (χ2n) is 5.12. The summed E-state index contributed by atoms with van der Waals surface area (Å²) in [6, 6.07) is 0. The number of nitrogen functional groups attached to an aromatic ring is 1. The molecule has 18 heavy (non-hydrogen) atoms. The van der Waals surface area contributed by atoms with Crippen molar-refractivity contribution in [2.75, 3.05) is 18.0 Å². The Hall–Kier alpha value is -1.69. The zero-order valence-electron chi connectivity index (χ0n) is 10.1. The average Bonchev–Trinajstić information content (AvgIpc) is 2.92. The molecule has 3 unspecified atom stereocenters. The van der Waals surface area contributed by atoms with Gasteiger partial charge in [-0.05, 0) is 18.8 Å². The maximum Gasteiger partial charge on any atom is 0.158 e. The Labute approximate surface area is 105 Å². The largest absolute Gasteiger partial charge is 0.393 e. The molecule has 2 fully saturated rings. The molecule has 0 bridgehead atoms. The van der Waals surface area contributed by atoms with Crippen molar-refractivity contribution in [1.82, 2.24) is 9.97 Å². The Kier molecular flexibility index (Phi) is 2.66. The standard InChI is InChI=1S/C12H17N5O/c13-11(14)10-12(16-4-3-15-10)17-5-7-1-2-9(18)8(7)6-17/h3-4,7-9,18H,1-2,5-6H2,(H3,13,14). The Morgan fingerprint density at radius 2 is 2.11 bits per heavy atom. The van der Waals surface area contributed by atoms with Crippen LogP contribution in [-0.2, 0) is 0 Å². The number of nitrogens with zero attached hydrogens (tertiary/aromatic N) is 3. The van der Waals surface area contributed by atoms with E-state index in [-0.39, 0.29) is 11.9 Å². The highest BCUT2D eigenvalue weighted by Crippen LogP contribution is 2.39. The molecule has 1 aliphatic carbocycles. The fourth-order valence-corrected chi connectivity index (χ4v) is 3.16. The number of nitrogens with two attached hydrogens (primary N) is 1. The summed E-state index contributed by atoms with van der Waals surface area (Å²) < 4.78 is 0. The number of nitrogens with one attached hydrogen (secondary N) is 1. The van der Waals surface area contributed by atoms with Crippen LogP contribution in [0.3, 0.4) is 0 Å². The smallest absolute Gasteiger partial charge is 0.158 e. The number of amidine groups is 1. The van der Waals surface area contributed by atoms with E-state index in [0.29, 0.717) is 23.3 Å². The molecular weight excluding hydrogens is 230 g/mol. The van der Waals surface area contributed by atoms with Gasteiger partial charge in [0.1, 0.15) is 11.5 Å². The third-order valence-electron chi connectivity index (χ3n) is 4.05. The number of hydrogen-bond acceptors (Lipinski definition) is 5. The molecule has 2 aliphatic rings. The second-order valence-corrected chi connectivity index (χ2v) is 5.12. The molecule has 2 heterocycles. The summed E-state index contributed by atoms with van der Waals surface area (Å²) in [6.45, 7) is 1.66. The first-order chi connectivity index (χ1) is 8.66. The molecule has 1 saturated heterocycles. The molecule has 1 aliphatic heterocycles. The Morgan fingerprint density at radius 1 is 1.33 bits per heavy atom. The summed E-state index contributed by atoms with van der Waals surface area (Å²) >= 11 is 0. The first kappa shape index (κ1) is 11.4. The number of anilines is 1. The number of rotatable bonds is 2. The summed E-state index contributed by atoms with van der Waals surface area (Å²) in [5.74, 6) is 1.47. The summed E-state index contributed by atoms with van der Waals surface area (Å²) in [7, 11) is 0. The molecular formula is C12H17N5O. The van der Waals surface area contributed by atoms with E-state index in [1.54, 1.807) is 12.4 Å². The maximum absolute atomic E-state index is 9.91. The lowest BCUT2D eigenvalue weighted by Gasteiger charge is -2.20. The molecule has 3 atom stereocenters. The topological polar surface area (TPSA) is 99.1 Å². The SMILES string of the molecule is N=C(N)c1nccnc1N1CC2CCC(O)C2C1. The quantitative estimate of drug-likeness (QED) is 0.503. The van der Waals surface area contributed by atoms with Crippen LogP contribution in [0.25, 0.3) is 0 Å². The highest BCUT2D eigenvalue weighted by molar-refractivity contribution is 5.97. The van der Waals surface area contributed by atoms with E-state index in [2.05, 4.69) is 14.9 Å². The normalized spacial score (nSPS) is 30.5. The van der Waals surface area contributed by atoms with Gasteiger partial charge in [-0.25, -0.2) is 9.97 Å². The van der Waals surface area contributed by atoms with Gasteiger partial charge in [-0.15, -0.1) is 0 Å². The average molecular weight is 247 g/mol. The molecule has 6 heteroatoms. The van der Waals surface area contributed by atoms with Crippen LogP contribution in [0.5, 0.6) is 0 Å². The van der Waals surface area contributed by atoms with Crippen LogP contribution in [0.1, 0.15) is 18.5 Å². The molecule has 0 radical (unpaired) electrons. The molecule has 1 aromatic rings. The van der Waals surface area contributed by atoms with Crippen LogP contribution in [0.15, 0.2) is 12.4 Å². The van der Waals surface area contributed by atoms with Crippen molar-refractivity contribution in [1.29, 1.82) is 5.41 Å². The number of aromatic nitrogens is 2. The zero-order valence-corrected chi connectivity index (χ0v) is 10.1. The van der Waals surface area contributed by atoms with Crippen LogP contribution in [0.2, 0.25) is 0 Å².